The Hall–Kier alpha value is -2.47. The number of fused-ring (bicyclic) bond motifs is 2. The van der Waals surface area contributed by atoms with Crippen molar-refractivity contribution in [1.82, 2.24) is 9.55 Å². The summed E-state index contributed by atoms with van der Waals surface area (Å²) in [5, 5.41) is 12.6. The molecule has 0 amide bonds. The average Bonchev–Trinajstić information content (AvgIpc) is 3.11. The fourth-order valence-corrected chi connectivity index (χ4v) is 4.19. The van der Waals surface area contributed by atoms with Crippen LogP contribution in [0.4, 0.5) is 11.5 Å². The van der Waals surface area contributed by atoms with Crippen LogP contribution in [0.5, 0.6) is 17.2 Å². The van der Waals surface area contributed by atoms with Gasteiger partial charge in [-0.1, -0.05) is 6.07 Å². The number of aliphatic hydroxyl groups is 1. The van der Waals surface area contributed by atoms with Gasteiger partial charge in [0.25, 0.3) is 0 Å². The Morgan fingerprint density at radius 2 is 2.23 bits per heavy atom. The molecule has 0 bridgehead atoms. The van der Waals surface area contributed by atoms with E-state index in [0.717, 1.165) is 6.66 Å². The monoisotopic (exact) mass is 454 g/mol. The summed E-state index contributed by atoms with van der Waals surface area (Å²) in [6, 6.07) is 5.23. The fraction of sp³-hybridized carbons (Fsp3) is 0.444. The number of aromatic nitrogens is 2. The summed E-state index contributed by atoms with van der Waals surface area (Å²) in [4.78, 5) is 26.2. The number of anilines is 2. The van der Waals surface area contributed by atoms with Crippen LogP contribution in [0.1, 0.15) is 12.6 Å². The number of nitrogens with zero attached hydrogens (tertiary/aromatic N) is 2. The molecule has 168 valence electrons. The Kier molecular flexibility index (Phi) is 6.02. The molecule has 0 radical (unpaired) electrons. The van der Waals surface area contributed by atoms with Gasteiger partial charge in [0.1, 0.15) is 30.4 Å². The second-order valence-corrected chi connectivity index (χ2v) is 8.95. The van der Waals surface area contributed by atoms with Crippen LogP contribution in [0.25, 0.3) is 0 Å². The molecular weight excluding hydrogens is 431 g/mol. The lowest BCUT2D eigenvalue weighted by Crippen LogP contribution is -2.29. The average molecular weight is 454 g/mol. The van der Waals surface area contributed by atoms with Gasteiger partial charge in [0.2, 0.25) is 0 Å². The summed E-state index contributed by atoms with van der Waals surface area (Å²) in [6.07, 6.45) is -1.08. The Morgan fingerprint density at radius 3 is 2.94 bits per heavy atom. The van der Waals surface area contributed by atoms with Crippen LogP contribution in [0, 0.1) is 0 Å². The second-order valence-electron chi connectivity index (χ2n) is 7.13. The summed E-state index contributed by atoms with van der Waals surface area (Å²) in [6.45, 7) is 1.26. The Labute approximate surface area is 177 Å². The van der Waals surface area contributed by atoms with Crippen molar-refractivity contribution in [3.63, 3.8) is 0 Å². The molecular formula is C18H23N4O8P. The van der Waals surface area contributed by atoms with Gasteiger partial charge in [-0.3, -0.25) is 9.13 Å². The normalized spacial score (nSPS) is 23.8. The molecule has 0 spiro atoms. The Bertz CT molecular complexity index is 1070. The smallest absolute Gasteiger partial charge is 0.351 e. The molecule has 0 aliphatic carbocycles. The molecule has 0 saturated carbocycles. The van der Waals surface area contributed by atoms with Crippen molar-refractivity contribution >= 4 is 19.1 Å². The third-order valence-corrected chi connectivity index (χ3v) is 5.41. The van der Waals surface area contributed by atoms with Crippen molar-refractivity contribution in [3.05, 3.63) is 34.9 Å². The van der Waals surface area contributed by atoms with E-state index in [2.05, 4.69) is 10.3 Å². The largest absolute Gasteiger partial charge is 0.490 e. The quantitative estimate of drug-likeness (QED) is 0.375. The molecule has 3 heterocycles. The Balaban J connectivity index is 1.60. The molecule has 13 heteroatoms. The maximum atomic E-state index is 12.7. The van der Waals surface area contributed by atoms with E-state index in [9.17, 15) is 19.4 Å². The number of hydrogen-bond acceptors (Lipinski definition) is 10. The van der Waals surface area contributed by atoms with Gasteiger partial charge in [0, 0.05) is 19.6 Å². The van der Waals surface area contributed by atoms with E-state index in [1.54, 1.807) is 18.2 Å². The summed E-state index contributed by atoms with van der Waals surface area (Å²) < 4.78 is 35.1. The van der Waals surface area contributed by atoms with Gasteiger partial charge in [-0.15, -0.1) is 0 Å². The third kappa shape index (κ3) is 4.59. The van der Waals surface area contributed by atoms with E-state index in [1.807, 2.05) is 0 Å². The zero-order valence-corrected chi connectivity index (χ0v) is 17.5. The zero-order valence-electron chi connectivity index (χ0n) is 16.6. The van der Waals surface area contributed by atoms with Gasteiger partial charge in [0.05, 0.1) is 18.9 Å². The van der Waals surface area contributed by atoms with Crippen molar-refractivity contribution in [2.24, 2.45) is 5.73 Å². The van der Waals surface area contributed by atoms with Crippen LogP contribution in [0.15, 0.2) is 29.2 Å². The minimum atomic E-state index is -3.81. The molecule has 2 aromatic rings. The van der Waals surface area contributed by atoms with E-state index in [0.29, 0.717) is 30.3 Å². The van der Waals surface area contributed by atoms with E-state index in [1.165, 1.54) is 10.8 Å². The van der Waals surface area contributed by atoms with Crippen molar-refractivity contribution in [2.45, 2.75) is 24.9 Å². The van der Waals surface area contributed by atoms with Crippen LogP contribution in [-0.2, 0) is 13.8 Å². The Morgan fingerprint density at radius 1 is 1.42 bits per heavy atom. The molecule has 2 aliphatic heterocycles. The highest BCUT2D eigenvalue weighted by atomic mass is 31.2. The number of rotatable bonds is 7. The molecule has 12 nitrogen and oxygen atoms in total. The maximum absolute atomic E-state index is 12.7. The molecule has 31 heavy (non-hydrogen) atoms. The van der Waals surface area contributed by atoms with E-state index >= 15 is 0 Å². The predicted octanol–water partition coefficient (Wildman–Crippen LogP) is 0.910. The molecule has 2 unspecified atom stereocenters. The lowest BCUT2D eigenvalue weighted by Gasteiger charge is -2.24. The number of nitrogens with one attached hydrogen (secondary N) is 1. The summed E-state index contributed by atoms with van der Waals surface area (Å²) in [7, 11) is -3.81. The van der Waals surface area contributed by atoms with Crippen molar-refractivity contribution in [2.75, 3.05) is 31.7 Å². The van der Waals surface area contributed by atoms with Crippen LogP contribution in [-0.4, -0.2) is 58.2 Å². The highest BCUT2D eigenvalue weighted by Gasteiger charge is 2.40. The molecule has 1 aromatic carbocycles. The number of ether oxygens (including phenoxy) is 3. The van der Waals surface area contributed by atoms with E-state index < -0.39 is 38.3 Å². The van der Waals surface area contributed by atoms with Crippen LogP contribution in [0.2, 0.25) is 0 Å². The number of nitrogens with two attached hydrogens (primary N) is 1. The molecule has 5 N–H and O–H groups in total. The van der Waals surface area contributed by atoms with Gasteiger partial charge >= 0.3 is 13.3 Å². The highest BCUT2D eigenvalue weighted by Crippen LogP contribution is 2.46. The third-order valence-electron chi connectivity index (χ3n) is 4.75. The van der Waals surface area contributed by atoms with Crippen LogP contribution in [0.3, 0.4) is 0 Å². The second kappa shape index (κ2) is 8.58. The lowest BCUT2D eigenvalue weighted by molar-refractivity contribution is -0.0431. The first-order valence-corrected chi connectivity index (χ1v) is 11.6. The SMILES string of the molecule is CP(=O)(O)O[C@@H]1C[C@H](n2cc3c(nc2=O)Nc2c(OCCN)cccc2O3)OC1CO. The minimum absolute atomic E-state index is 0.0745. The van der Waals surface area contributed by atoms with Crippen LogP contribution < -0.4 is 26.2 Å². The highest BCUT2D eigenvalue weighted by molar-refractivity contribution is 7.51. The van der Waals surface area contributed by atoms with Crippen molar-refractivity contribution in [1.29, 1.82) is 0 Å². The van der Waals surface area contributed by atoms with Gasteiger partial charge in [-0.25, -0.2) is 4.79 Å². The summed E-state index contributed by atoms with van der Waals surface area (Å²) >= 11 is 0. The van der Waals surface area contributed by atoms with E-state index in [4.69, 9.17) is 24.5 Å². The molecule has 1 fully saturated rings. The van der Waals surface area contributed by atoms with Crippen LogP contribution >= 0.6 is 7.60 Å². The minimum Gasteiger partial charge on any atom is -0.490 e. The summed E-state index contributed by atoms with van der Waals surface area (Å²) in [5.41, 5.74) is 5.38. The predicted molar refractivity (Wildman–Crippen MR) is 109 cm³/mol. The molecule has 4 atom stereocenters. The number of hydrogen-bond donors (Lipinski definition) is 4. The first-order chi connectivity index (χ1) is 14.8. The summed E-state index contributed by atoms with van der Waals surface area (Å²) in [5.74, 6) is 1.47. The molecule has 1 saturated heterocycles. The van der Waals surface area contributed by atoms with Gasteiger partial charge in [-0.05, 0) is 12.1 Å². The van der Waals surface area contributed by atoms with Crippen molar-refractivity contribution < 1.29 is 33.3 Å². The number of para-hydroxylation sites is 1. The topological polar surface area (TPSA) is 167 Å². The molecule has 2 aliphatic rings. The molecule has 4 rings (SSSR count). The number of aliphatic hydroxyl groups excluding tert-OH is 1. The molecule has 1 aromatic heterocycles. The first-order valence-electron chi connectivity index (χ1n) is 9.58. The standard InChI is InChI=1S/C18H23N4O8P/c1-31(25,26)30-12-7-15(29-14(12)9-23)22-8-13-17(21-18(22)24)20-16-10(27-6-5-19)3-2-4-11(16)28-13/h2-4,8,12,14-15,23H,5-7,9,19H2,1H3,(H,25,26)(H,20,21,24)/t12-,14?,15-/m1/s1. The number of benzene rings is 1. The first kappa shape index (κ1) is 21.8. The van der Waals surface area contributed by atoms with Gasteiger partial charge in [0.15, 0.2) is 17.3 Å². The van der Waals surface area contributed by atoms with Gasteiger partial charge < -0.3 is 39.8 Å². The fourth-order valence-electron chi connectivity index (χ4n) is 3.46. The lowest BCUT2D eigenvalue weighted by atomic mass is 10.2. The zero-order chi connectivity index (χ0) is 22.2. The van der Waals surface area contributed by atoms with Crippen molar-refractivity contribution in [3.8, 4) is 17.2 Å². The van der Waals surface area contributed by atoms with Gasteiger partial charge in [-0.2, -0.15) is 4.98 Å². The van der Waals surface area contributed by atoms with E-state index in [-0.39, 0.29) is 18.0 Å². The maximum Gasteiger partial charge on any atom is 0.351 e.